The molecule has 0 radical (unpaired) electrons. The van der Waals surface area contributed by atoms with Gasteiger partial charge in [0.15, 0.2) is 0 Å². The first-order chi connectivity index (χ1) is 12.7. The van der Waals surface area contributed by atoms with Crippen molar-refractivity contribution in [1.29, 1.82) is 0 Å². The third kappa shape index (κ3) is 3.78. The van der Waals surface area contributed by atoms with Gasteiger partial charge in [0.1, 0.15) is 5.65 Å². The Balaban J connectivity index is 0.00000210. The highest BCUT2D eigenvalue weighted by atomic mass is 79.9. The lowest BCUT2D eigenvalue weighted by atomic mass is 10.1. The summed E-state index contributed by atoms with van der Waals surface area (Å²) in [5.74, 6) is 0.281. The van der Waals surface area contributed by atoms with Crippen LogP contribution in [-0.2, 0) is 0 Å². The largest absolute Gasteiger partial charge is 0.370 e. The number of pyridine rings is 2. The molecule has 142 valence electrons. The molecule has 0 aliphatic carbocycles. The van der Waals surface area contributed by atoms with E-state index in [-0.39, 0.29) is 18.3 Å². The number of hydrogen-bond donors (Lipinski definition) is 3. The number of halogens is 2. The first kappa shape index (κ1) is 19.6. The summed E-state index contributed by atoms with van der Waals surface area (Å²) in [5, 5.41) is 3.87. The number of fused-ring (bicyclic) bond motifs is 1. The normalized spacial score (nSPS) is 16.4. The third-order valence-electron chi connectivity index (χ3n) is 4.74. The van der Waals surface area contributed by atoms with Gasteiger partial charge < -0.3 is 20.9 Å². The fourth-order valence-electron chi connectivity index (χ4n) is 3.38. The van der Waals surface area contributed by atoms with E-state index in [9.17, 15) is 4.79 Å². The predicted molar refractivity (Wildman–Crippen MR) is 113 cm³/mol. The molecule has 0 unspecified atom stereocenters. The maximum Gasteiger partial charge on any atom is 0.257 e. The van der Waals surface area contributed by atoms with Crippen molar-refractivity contribution in [3.05, 3.63) is 47.0 Å². The molecule has 3 aromatic rings. The number of aromatic amines is 1. The van der Waals surface area contributed by atoms with Crippen LogP contribution in [0.2, 0.25) is 0 Å². The van der Waals surface area contributed by atoms with E-state index < -0.39 is 0 Å². The number of carbonyl (C=O) groups is 1. The van der Waals surface area contributed by atoms with Gasteiger partial charge in [0, 0.05) is 37.9 Å². The lowest BCUT2D eigenvalue weighted by Crippen LogP contribution is -2.23. The minimum absolute atomic E-state index is 0. The summed E-state index contributed by atoms with van der Waals surface area (Å²) >= 11 is 3.63. The molecule has 1 aliphatic heterocycles. The Bertz CT molecular complexity index is 948. The van der Waals surface area contributed by atoms with Crippen LogP contribution < -0.4 is 16.0 Å². The van der Waals surface area contributed by atoms with E-state index in [4.69, 9.17) is 5.73 Å². The number of rotatable bonds is 4. The Kier molecular flexibility index (Phi) is 5.98. The number of aromatic nitrogens is 3. The summed E-state index contributed by atoms with van der Waals surface area (Å²) in [6.07, 6.45) is 7.82. The van der Waals surface area contributed by atoms with Crippen LogP contribution >= 0.6 is 28.3 Å². The molecule has 4 heterocycles. The first-order valence-corrected chi connectivity index (χ1v) is 9.28. The highest BCUT2D eigenvalue weighted by Gasteiger charge is 2.26. The molecule has 1 fully saturated rings. The maximum absolute atomic E-state index is 12.5. The van der Waals surface area contributed by atoms with E-state index >= 15 is 0 Å². The standard InChI is InChI=1S/C18H19BrN6O.ClH/c19-13-8-22-17-15(16(13)25-5-3-11(6-20)10-25)14(9-23-17)24-18(26)12-2-1-4-21-7-12;/h1-2,4,7-9,11H,3,5-6,10,20H2,(H,22,23)(H,24,26);1H/t11-;/m0./s1. The van der Waals surface area contributed by atoms with Crippen molar-refractivity contribution >= 4 is 56.7 Å². The summed E-state index contributed by atoms with van der Waals surface area (Å²) in [6.45, 7) is 2.51. The average Bonchev–Trinajstić information content (AvgIpc) is 3.30. The smallest absolute Gasteiger partial charge is 0.257 e. The van der Waals surface area contributed by atoms with E-state index in [2.05, 4.69) is 41.1 Å². The van der Waals surface area contributed by atoms with Gasteiger partial charge in [-0.1, -0.05) is 0 Å². The summed E-state index contributed by atoms with van der Waals surface area (Å²) < 4.78 is 0.902. The average molecular weight is 452 g/mol. The van der Waals surface area contributed by atoms with Crippen LogP contribution in [0.1, 0.15) is 16.8 Å². The first-order valence-electron chi connectivity index (χ1n) is 8.49. The highest BCUT2D eigenvalue weighted by Crippen LogP contribution is 2.39. The molecule has 4 N–H and O–H groups in total. The summed E-state index contributed by atoms with van der Waals surface area (Å²) in [5.41, 5.74) is 8.83. The van der Waals surface area contributed by atoms with E-state index in [0.29, 0.717) is 23.7 Å². The zero-order valence-corrected chi connectivity index (χ0v) is 16.9. The molecule has 3 aromatic heterocycles. The van der Waals surface area contributed by atoms with E-state index in [1.54, 1.807) is 36.9 Å². The van der Waals surface area contributed by atoms with Gasteiger partial charge in [0.05, 0.1) is 26.8 Å². The molecule has 1 atom stereocenters. The monoisotopic (exact) mass is 450 g/mol. The third-order valence-corrected chi connectivity index (χ3v) is 5.32. The molecule has 0 aromatic carbocycles. The van der Waals surface area contributed by atoms with Crippen LogP contribution in [0.15, 0.2) is 41.4 Å². The van der Waals surface area contributed by atoms with Crippen molar-refractivity contribution in [3.63, 3.8) is 0 Å². The molecule has 1 saturated heterocycles. The number of amides is 1. The van der Waals surface area contributed by atoms with Crippen LogP contribution in [0, 0.1) is 5.92 Å². The fraction of sp³-hybridized carbons (Fsp3) is 0.278. The van der Waals surface area contributed by atoms with Gasteiger partial charge in [-0.05, 0) is 46.9 Å². The molecule has 1 amide bonds. The molecular weight excluding hydrogens is 432 g/mol. The van der Waals surface area contributed by atoms with Gasteiger partial charge in [-0.3, -0.25) is 9.78 Å². The Morgan fingerprint density at radius 1 is 1.44 bits per heavy atom. The molecular formula is C18H20BrClN6O. The fourth-order valence-corrected chi connectivity index (χ4v) is 3.93. The molecule has 27 heavy (non-hydrogen) atoms. The van der Waals surface area contributed by atoms with Gasteiger partial charge in [-0.15, -0.1) is 12.4 Å². The summed E-state index contributed by atoms with van der Waals surface area (Å²) in [6, 6.07) is 3.48. The number of nitrogens with two attached hydrogens (primary N) is 1. The Hall–Kier alpha value is -2.16. The number of hydrogen-bond acceptors (Lipinski definition) is 5. The van der Waals surface area contributed by atoms with Crippen molar-refractivity contribution in [2.75, 3.05) is 29.9 Å². The molecule has 9 heteroatoms. The van der Waals surface area contributed by atoms with Crippen LogP contribution in [0.5, 0.6) is 0 Å². The van der Waals surface area contributed by atoms with E-state index in [1.807, 2.05) is 0 Å². The lowest BCUT2D eigenvalue weighted by Gasteiger charge is -2.21. The number of carbonyl (C=O) groups excluding carboxylic acids is 1. The van der Waals surface area contributed by atoms with E-state index in [0.717, 1.165) is 40.7 Å². The minimum atomic E-state index is -0.203. The zero-order chi connectivity index (χ0) is 18.1. The Morgan fingerprint density at radius 2 is 2.30 bits per heavy atom. The van der Waals surface area contributed by atoms with Crippen LogP contribution in [0.25, 0.3) is 11.0 Å². The van der Waals surface area contributed by atoms with Crippen LogP contribution in [0.4, 0.5) is 11.4 Å². The second-order valence-corrected chi connectivity index (χ2v) is 7.27. The molecule has 1 aliphatic rings. The Morgan fingerprint density at radius 3 is 3.00 bits per heavy atom. The minimum Gasteiger partial charge on any atom is -0.370 e. The summed E-state index contributed by atoms with van der Waals surface area (Å²) in [7, 11) is 0. The van der Waals surface area contributed by atoms with Crippen LogP contribution in [-0.4, -0.2) is 40.5 Å². The summed E-state index contributed by atoms with van der Waals surface area (Å²) in [4.78, 5) is 26.4. The molecule has 0 saturated carbocycles. The second kappa shape index (κ2) is 8.24. The predicted octanol–water partition coefficient (Wildman–Crippen LogP) is 3.18. The topological polar surface area (TPSA) is 99.9 Å². The van der Waals surface area contributed by atoms with Crippen molar-refractivity contribution in [1.82, 2.24) is 15.0 Å². The van der Waals surface area contributed by atoms with Crippen molar-refractivity contribution in [2.45, 2.75) is 6.42 Å². The van der Waals surface area contributed by atoms with Crippen molar-refractivity contribution < 1.29 is 4.79 Å². The molecule has 0 bridgehead atoms. The number of nitrogens with zero attached hydrogens (tertiary/aromatic N) is 3. The molecule has 0 spiro atoms. The van der Waals surface area contributed by atoms with E-state index in [1.165, 1.54) is 0 Å². The van der Waals surface area contributed by atoms with Gasteiger partial charge in [0.2, 0.25) is 0 Å². The highest BCUT2D eigenvalue weighted by molar-refractivity contribution is 9.10. The lowest BCUT2D eigenvalue weighted by molar-refractivity contribution is 0.102. The SMILES string of the molecule is Cl.NC[C@@H]1CCN(c2c(Br)cnc3[nH]cc(NC(=O)c4cccnc4)c23)C1. The van der Waals surface area contributed by atoms with Gasteiger partial charge in [-0.25, -0.2) is 4.98 Å². The van der Waals surface area contributed by atoms with Gasteiger partial charge in [-0.2, -0.15) is 0 Å². The maximum atomic E-state index is 12.5. The number of H-pyrrole nitrogens is 1. The second-order valence-electron chi connectivity index (χ2n) is 6.41. The Labute approximate surface area is 171 Å². The quantitative estimate of drug-likeness (QED) is 0.566. The number of anilines is 2. The van der Waals surface area contributed by atoms with Gasteiger partial charge >= 0.3 is 0 Å². The molecule has 4 rings (SSSR count). The molecule has 7 nitrogen and oxygen atoms in total. The number of nitrogens with one attached hydrogen (secondary N) is 2. The van der Waals surface area contributed by atoms with Crippen molar-refractivity contribution in [2.24, 2.45) is 11.7 Å². The van der Waals surface area contributed by atoms with Crippen molar-refractivity contribution in [3.8, 4) is 0 Å². The zero-order valence-electron chi connectivity index (χ0n) is 14.5. The van der Waals surface area contributed by atoms with Crippen LogP contribution in [0.3, 0.4) is 0 Å². The van der Waals surface area contributed by atoms with Gasteiger partial charge in [0.25, 0.3) is 5.91 Å².